The molecule has 0 spiro atoms. The van der Waals surface area contributed by atoms with Crippen LogP contribution in [0.2, 0.25) is 0 Å². The summed E-state index contributed by atoms with van der Waals surface area (Å²) in [4.78, 5) is 23.3. The van der Waals surface area contributed by atoms with Crippen LogP contribution in [0.4, 0.5) is 13.2 Å². The first-order valence-corrected chi connectivity index (χ1v) is 5.39. The Kier molecular flexibility index (Phi) is 3.99. The largest absolute Gasteiger partial charge is 0.414 e. The molecule has 0 aliphatic rings. The van der Waals surface area contributed by atoms with Gasteiger partial charge in [0.25, 0.3) is 5.91 Å². The van der Waals surface area contributed by atoms with Gasteiger partial charge in [0, 0.05) is 18.6 Å². The van der Waals surface area contributed by atoms with E-state index in [0.29, 0.717) is 5.82 Å². The lowest BCUT2D eigenvalue weighted by atomic mass is 10.3. The summed E-state index contributed by atoms with van der Waals surface area (Å²) in [6, 6.07) is 2.94. The van der Waals surface area contributed by atoms with Gasteiger partial charge in [-0.2, -0.15) is 13.2 Å². The average molecular weight is 286 g/mol. The van der Waals surface area contributed by atoms with Crippen LogP contribution in [0.15, 0.2) is 37.1 Å². The number of imidazole rings is 1. The second-order valence-corrected chi connectivity index (χ2v) is 3.71. The summed E-state index contributed by atoms with van der Waals surface area (Å²) in [6.07, 6.45) is 1.47. The molecule has 106 valence electrons. The molecular formula is C11H9F3N4O2. The first kappa shape index (κ1) is 14.0. The monoisotopic (exact) mass is 286 g/mol. The van der Waals surface area contributed by atoms with E-state index in [4.69, 9.17) is 0 Å². The lowest BCUT2D eigenvalue weighted by Crippen LogP contribution is -2.29. The normalized spacial score (nSPS) is 11.3. The van der Waals surface area contributed by atoms with Crippen LogP contribution in [0, 0.1) is 0 Å². The van der Waals surface area contributed by atoms with Gasteiger partial charge in [0.2, 0.25) is 0 Å². The standard InChI is InChI=1S/C11H9F3N4O2/c12-11(13,14)6-20-17-10(19)8-1-2-9(16-5-8)18-4-3-15-7-18/h1-5,7H,6H2,(H,17,19). The van der Waals surface area contributed by atoms with E-state index < -0.39 is 18.7 Å². The molecule has 0 radical (unpaired) electrons. The van der Waals surface area contributed by atoms with E-state index in [0.717, 1.165) is 0 Å². The van der Waals surface area contributed by atoms with Crippen LogP contribution in [0.25, 0.3) is 5.82 Å². The molecule has 1 N–H and O–H groups in total. The highest BCUT2D eigenvalue weighted by molar-refractivity contribution is 5.93. The van der Waals surface area contributed by atoms with Gasteiger partial charge in [0.1, 0.15) is 12.1 Å². The van der Waals surface area contributed by atoms with Gasteiger partial charge in [0.05, 0.1) is 5.56 Å². The molecule has 20 heavy (non-hydrogen) atoms. The highest BCUT2D eigenvalue weighted by Gasteiger charge is 2.28. The highest BCUT2D eigenvalue weighted by atomic mass is 19.4. The summed E-state index contributed by atoms with van der Waals surface area (Å²) in [7, 11) is 0. The van der Waals surface area contributed by atoms with Crippen molar-refractivity contribution in [1.29, 1.82) is 0 Å². The number of alkyl halides is 3. The second kappa shape index (κ2) is 5.70. The number of nitrogens with one attached hydrogen (secondary N) is 1. The third-order valence-electron chi connectivity index (χ3n) is 2.18. The average Bonchev–Trinajstić information content (AvgIpc) is 2.91. The number of carbonyl (C=O) groups is 1. The minimum Gasteiger partial charge on any atom is -0.291 e. The number of hydrogen-bond donors (Lipinski definition) is 1. The number of rotatable bonds is 4. The van der Waals surface area contributed by atoms with Crippen LogP contribution >= 0.6 is 0 Å². The first-order chi connectivity index (χ1) is 9.46. The van der Waals surface area contributed by atoms with Crippen molar-refractivity contribution in [3.8, 4) is 5.82 Å². The van der Waals surface area contributed by atoms with Crippen molar-refractivity contribution in [2.45, 2.75) is 6.18 Å². The minimum absolute atomic E-state index is 0.0797. The Balaban J connectivity index is 1.94. The van der Waals surface area contributed by atoms with Crippen LogP contribution in [0.3, 0.4) is 0 Å². The zero-order valence-electron chi connectivity index (χ0n) is 9.96. The number of pyridine rings is 1. The van der Waals surface area contributed by atoms with Crippen molar-refractivity contribution < 1.29 is 22.8 Å². The second-order valence-electron chi connectivity index (χ2n) is 3.71. The van der Waals surface area contributed by atoms with Crippen molar-refractivity contribution in [3.63, 3.8) is 0 Å². The van der Waals surface area contributed by atoms with Gasteiger partial charge in [-0.05, 0) is 12.1 Å². The molecule has 0 atom stereocenters. The fraction of sp³-hybridized carbons (Fsp3) is 0.182. The maximum absolute atomic E-state index is 11.8. The maximum Gasteiger partial charge on any atom is 0.414 e. The molecule has 1 amide bonds. The number of halogens is 3. The Labute approximate surface area is 111 Å². The Morgan fingerprint density at radius 2 is 2.20 bits per heavy atom. The molecule has 0 aliphatic heterocycles. The smallest absolute Gasteiger partial charge is 0.291 e. The number of hydrogen-bond acceptors (Lipinski definition) is 4. The molecule has 0 unspecified atom stereocenters. The quantitative estimate of drug-likeness (QED) is 0.865. The fourth-order valence-electron chi connectivity index (χ4n) is 1.31. The summed E-state index contributed by atoms with van der Waals surface area (Å²) < 4.78 is 37.1. The number of carbonyl (C=O) groups excluding carboxylic acids is 1. The van der Waals surface area contributed by atoms with Crippen molar-refractivity contribution in [2.75, 3.05) is 6.61 Å². The van der Waals surface area contributed by atoms with Crippen molar-refractivity contribution >= 4 is 5.91 Å². The Morgan fingerprint density at radius 3 is 2.75 bits per heavy atom. The molecule has 0 saturated heterocycles. The Hall–Kier alpha value is -2.42. The van der Waals surface area contributed by atoms with Crippen LogP contribution in [0.1, 0.15) is 10.4 Å². The van der Waals surface area contributed by atoms with Crippen molar-refractivity contribution in [3.05, 3.63) is 42.6 Å². The van der Waals surface area contributed by atoms with E-state index in [1.165, 1.54) is 24.7 Å². The minimum atomic E-state index is -4.50. The van der Waals surface area contributed by atoms with E-state index in [1.54, 1.807) is 22.4 Å². The third-order valence-corrected chi connectivity index (χ3v) is 2.18. The van der Waals surface area contributed by atoms with Crippen molar-refractivity contribution in [2.24, 2.45) is 0 Å². The lowest BCUT2D eigenvalue weighted by molar-refractivity contribution is -0.184. The zero-order chi connectivity index (χ0) is 14.6. The van der Waals surface area contributed by atoms with Crippen LogP contribution in [-0.2, 0) is 4.84 Å². The molecule has 2 aromatic rings. The highest BCUT2D eigenvalue weighted by Crippen LogP contribution is 2.13. The predicted octanol–water partition coefficient (Wildman–Crippen LogP) is 1.49. The van der Waals surface area contributed by atoms with E-state index in [2.05, 4.69) is 14.8 Å². The molecule has 0 saturated carbocycles. The van der Waals surface area contributed by atoms with Gasteiger partial charge in [0.15, 0.2) is 6.61 Å². The molecule has 9 heteroatoms. The van der Waals surface area contributed by atoms with E-state index in [9.17, 15) is 18.0 Å². The molecule has 6 nitrogen and oxygen atoms in total. The van der Waals surface area contributed by atoms with E-state index in [1.807, 2.05) is 0 Å². The van der Waals surface area contributed by atoms with Gasteiger partial charge in [-0.1, -0.05) is 0 Å². The lowest BCUT2D eigenvalue weighted by Gasteiger charge is -2.08. The van der Waals surface area contributed by atoms with Gasteiger partial charge in [-0.3, -0.25) is 14.2 Å². The molecule has 2 rings (SSSR count). The third kappa shape index (κ3) is 3.79. The summed E-state index contributed by atoms with van der Waals surface area (Å²) in [5.74, 6) is -0.283. The summed E-state index contributed by atoms with van der Waals surface area (Å²) in [6.45, 7) is -1.56. The number of nitrogens with zero attached hydrogens (tertiary/aromatic N) is 3. The number of amides is 1. The summed E-state index contributed by atoms with van der Waals surface area (Å²) in [5.41, 5.74) is 1.77. The Bertz CT molecular complexity index is 566. The van der Waals surface area contributed by atoms with Crippen molar-refractivity contribution in [1.82, 2.24) is 20.0 Å². The van der Waals surface area contributed by atoms with E-state index >= 15 is 0 Å². The van der Waals surface area contributed by atoms with E-state index in [-0.39, 0.29) is 5.56 Å². The number of hydroxylamine groups is 1. The Morgan fingerprint density at radius 1 is 1.40 bits per heavy atom. The summed E-state index contributed by atoms with van der Waals surface area (Å²) in [5, 5.41) is 0. The molecule has 0 fully saturated rings. The fourth-order valence-corrected chi connectivity index (χ4v) is 1.31. The summed E-state index contributed by atoms with van der Waals surface area (Å²) >= 11 is 0. The molecular weight excluding hydrogens is 277 g/mol. The maximum atomic E-state index is 11.8. The SMILES string of the molecule is O=C(NOCC(F)(F)F)c1ccc(-n2ccnc2)nc1. The molecule has 0 bridgehead atoms. The van der Waals surface area contributed by atoms with Crippen LogP contribution in [0.5, 0.6) is 0 Å². The predicted molar refractivity (Wildman–Crippen MR) is 60.8 cm³/mol. The van der Waals surface area contributed by atoms with Crippen LogP contribution in [-0.4, -0.2) is 33.2 Å². The molecule has 2 heterocycles. The van der Waals surface area contributed by atoms with Gasteiger partial charge in [-0.15, -0.1) is 0 Å². The molecule has 0 aliphatic carbocycles. The first-order valence-electron chi connectivity index (χ1n) is 5.39. The molecule has 2 aromatic heterocycles. The van der Waals surface area contributed by atoms with Crippen LogP contribution < -0.4 is 5.48 Å². The van der Waals surface area contributed by atoms with Gasteiger partial charge in [-0.25, -0.2) is 15.4 Å². The van der Waals surface area contributed by atoms with Gasteiger partial charge >= 0.3 is 6.18 Å². The number of aromatic nitrogens is 3. The molecule has 0 aromatic carbocycles. The topological polar surface area (TPSA) is 69.0 Å². The zero-order valence-corrected chi connectivity index (χ0v) is 9.96. The van der Waals surface area contributed by atoms with Gasteiger partial charge < -0.3 is 0 Å².